The third-order valence-corrected chi connectivity index (χ3v) is 5.27. The van der Waals surface area contributed by atoms with Gasteiger partial charge in [-0.1, -0.05) is 6.07 Å². The van der Waals surface area contributed by atoms with Gasteiger partial charge in [-0.05, 0) is 37.1 Å². The highest BCUT2D eigenvalue weighted by molar-refractivity contribution is 7.20. The smallest absolute Gasteiger partial charge is 0.261 e. The molecule has 0 fully saturated rings. The molecule has 2 aromatic heterocycles. The van der Waals surface area contributed by atoms with Gasteiger partial charge in [0, 0.05) is 6.54 Å². The highest BCUT2D eigenvalue weighted by Crippen LogP contribution is 2.35. The molecule has 0 aliphatic carbocycles. The van der Waals surface area contributed by atoms with Crippen molar-refractivity contribution in [1.82, 2.24) is 15.3 Å². The van der Waals surface area contributed by atoms with Gasteiger partial charge in [0.2, 0.25) is 12.7 Å². The molecule has 0 unspecified atom stereocenters. The number of carbonyl (C=O) groups is 1. The van der Waals surface area contributed by atoms with Crippen LogP contribution < -0.4 is 19.5 Å². The molecule has 3 aromatic rings. The summed E-state index contributed by atoms with van der Waals surface area (Å²) in [5.41, 5.74) is 1.77. The molecular weight excluding hydrogens is 354 g/mol. The quantitative estimate of drug-likeness (QED) is 0.742. The predicted molar refractivity (Wildman–Crippen MR) is 97.1 cm³/mol. The molecule has 0 saturated carbocycles. The zero-order chi connectivity index (χ0) is 18.1. The number of hydrogen-bond donors (Lipinski definition) is 1. The second-order valence-electron chi connectivity index (χ2n) is 5.72. The summed E-state index contributed by atoms with van der Waals surface area (Å²) < 4.78 is 16.2. The fraction of sp³-hybridized carbons (Fsp3) is 0.278. The van der Waals surface area contributed by atoms with Crippen LogP contribution in [0.4, 0.5) is 0 Å². The molecule has 0 saturated heterocycles. The Balaban J connectivity index is 1.55. The van der Waals surface area contributed by atoms with E-state index in [9.17, 15) is 4.79 Å². The van der Waals surface area contributed by atoms with Crippen LogP contribution in [0.25, 0.3) is 10.2 Å². The minimum Gasteiger partial charge on any atom is -0.477 e. The van der Waals surface area contributed by atoms with Crippen LogP contribution in [0, 0.1) is 6.92 Å². The van der Waals surface area contributed by atoms with Crippen LogP contribution in [-0.4, -0.2) is 29.3 Å². The molecule has 1 aliphatic heterocycles. The molecule has 26 heavy (non-hydrogen) atoms. The second kappa shape index (κ2) is 6.80. The molecule has 7 nitrogen and oxygen atoms in total. The number of benzene rings is 1. The van der Waals surface area contributed by atoms with Gasteiger partial charge in [0.1, 0.15) is 11.2 Å². The number of aryl methyl sites for hydroxylation is 1. The van der Waals surface area contributed by atoms with Crippen molar-refractivity contribution in [2.45, 2.75) is 20.4 Å². The molecule has 1 aliphatic rings. The first-order valence-corrected chi connectivity index (χ1v) is 9.02. The van der Waals surface area contributed by atoms with E-state index in [1.54, 1.807) is 0 Å². The fourth-order valence-corrected chi connectivity index (χ4v) is 3.87. The van der Waals surface area contributed by atoms with Gasteiger partial charge in [0.05, 0.1) is 16.9 Å². The summed E-state index contributed by atoms with van der Waals surface area (Å²) in [4.78, 5) is 22.5. The highest BCUT2D eigenvalue weighted by atomic mass is 32.1. The third-order valence-electron chi connectivity index (χ3n) is 4.07. The van der Waals surface area contributed by atoms with Crippen molar-refractivity contribution in [1.29, 1.82) is 0 Å². The van der Waals surface area contributed by atoms with E-state index in [0.717, 1.165) is 27.1 Å². The van der Waals surface area contributed by atoms with E-state index in [4.69, 9.17) is 14.2 Å². The Bertz CT molecular complexity index is 986. The summed E-state index contributed by atoms with van der Waals surface area (Å²) in [7, 11) is 0. The lowest BCUT2D eigenvalue weighted by Gasteiger charge is -2.06. The van der Waals surface area contributed by atoms with Gasteiger partial charge in [-0.3, -0.25) is 4.79 Å². The van der Waals surface area contributed by atoms with Crippen molar-refractivity contribution < 1.29 is 19.0 Å². The van der Waals surface area contributed by atoms with Crippen molar-refractivity contribution in [2.24, 2.45) is 0 Å². The average molecular weight is 371 g/mol. The van der Waals surface area contributed by atoms with E-state index < -0.39 is 0 Å². The number of ether oxygens (including phenoxy) is 3. The monoisotopic (exact) mass is 371 g/mol. The van der Waals surface area contributed by atoms with Gasteiger partial charge < -0.3 is 19.5 Å². The lowest BCUT2D eigenvalue weighted by molar-refractivity contribution is 0.0954. The van der Waals surface area contributed by atoms with Crippen LogP contribution in [-0.2, 0) is 6.54 Å². The van der Waals surface area contributed by atoms with Crippen LogP contribution >= 0.6 is 11.3 Å². The third kappa shape index (κ3) is 2.92. The van der Waals surface area contributed by atoms with Gasteiger partial charge in [-0.2, -0.15) is 0 Å². The minimum atomic E-state index is -0.148. The summed E-state index contributed by atoms with van der Waals surface area (Å²) in [5, 5.41) is 3.74. The number of amides is 1. The van der Waals surface area contributed by atoms with Gasteiger partial charge >= 0.3 is 0 Å². The van der Waals surface area contributed by atoms with E-state index in [0.29, 0.717) is 29.7 Å². The first kappa shape index (κ1) is 16.6. The van der Waals surface area contributed by atoms with Crippen molar-refractivity contribution in [3.63, 3.8) is 0 Å². The fourth-order valence-electron chi connectivity index (χ4n) is 2.82. The predicted octanol–water partition coefficient (Wildman–Crippen LogP) is 3.06. The molecule has 0 atom stereocenters. The lowest BCUT2D eigenvalue weighted by Crippen LogP contribution is -2.22. The maximum atomic E-state index is 12.7. The molecular formula is C18H17N3O4S. The van der Waals surface area contributed by atoms with E-state index in [2.05, 4.69) is 15.3 Å². The maximum absolute atomic E-state index is 12.7. The minimum absolute atomic E-state index is 0.148. The normalized spacial score (nSPS) is 12.4. The van der Waals surface area contributed by atoms with E-state index >= 15 is 0 Å². The highest BCUT2D eigenvalue weighted by Gasteiger charge is 2.20. The summed E-state index contributed by atoms with van der Waals surface area (Å²) in [6, 6.07) is 5.63. The van der Waals surface area contributed by atoms with Gasteiger partial charge in [-0.25, -0.2) is 9.97 Å². The number of rotatable bonds is 5. The van der Waals surface area contributed by atoms with Crippen molar-refractivity contribution in [3.05, 3.63) is 40.5 Å². The van der Waals surface area contributed by atoms with Crippen LogP contribution in [0.3, 0.4) is 0 Å². The Kier molecular flexibility index (Phi) is 4.34. The van der Waals surface area contributed by atoms with Crippen molar-refractivity contribution in [2.75, 3.05) is 13.4 Å². The van der Waals surface area contributed by atoms with E-state index in [1.165, 1.54) is 17.7 Å². The van der Waals surface area contributed by atoms with Crippen LogP contribution in [0.5, 0.6) is 17.4 Å². The van der Waals surface area contributed by atoms with E-state index in [-0.39, 0.29) is 12.7 Å². The number of nitrogens with zero attached hydrogens (tertiary/aromatic N) is 2. The molecule has 8 heteroatoms. The largest absolute Gasteiger partial charge is 0.477 e. The zero-order valence-electron chi connectivity index (χ0n) is 14.4. The average Bonchev–Trinajstić information content (AvgIpc) is 3.24. The van der Waals surface area contributed by atoms with Gasteiger partial charge in [0.15, 0.2) is 11.5 Å². The molecule has 134 valence electrons. The summed E-state index contributed by atoms with van der Waals surface area (Å²) in [6.45, 7) is 4.92. The summed E-state index contributed by atoms with van der Waals surface area (Å²) in [6.07, 6.45) is 1.46. The number of hydrogen-bond acceptors (Lipinski definition) is 7. The molecule has 4 rings (SSSR count). The summed E-state index contributed by atoms with van der Waals surface area (Å²) in [5.74, 6) is 1.79. The molecule has 1 aromatic carbocycles. The Labute approximate surface area is 153 Å². The molecule has 3 heterocycles. The molecule has 1 amide bonds. The van der Waals surface area contributed by atoms with Gasteiger partial charge in [0.25, 0.3) is 5.91 Å². The standard InChI is InChI=1S/C18H17N3O4S/c1-3-23-17-14-10(2)15(26-18(14)21-8-20-17)16(22)19-7-11-4-5-12-13(6-11)25-9-24-12/h4-6,8H,3,7,9H2,1-2H3,(H,19,22). The number of carbonyl (C=O) groups excluding carboxylic acids is 1. The molecule has 1 N–H and O–H groups in total. The van der Waals surface area contributed by atoms with Crippen molar-refractivity contribution in [3.8, 4) is 17.4 Å². The lowest BCUT2D eigenvalue weighted by atomic mass is 10.2. The second-order valence-corrected chi connectivity index (χ2v) is 6.72. The van der Waals surface area contributed by atoms with E-state index in [1.807, 2.05) is 32.0 Å². The SMILES string of the molecule is CCOc1ncnc2sc(C(=O)NCc3ccc4c(c3)OCO4)c(C)c12. The van der Waals surface area contributed by atoms with Crippen LogP contribution in [0.2, 0.25) is 0 Å². The topological polar surface area (TPSA) is 82.6 Å². The van der Waals surface area contributed by atoms with Crippen molar-refractivity contribution >= 4 is 27.5 Å². The molecule has 0 spiro atoms. The first-order chi connectivity index (χ1) is 12.7. The number of thiophene rings is 1. The summed E-state index contributed by atoms with van der Waals surface area (Å²) >= 11 is 1.34. The van der Waals surface area contributed by atoms with Crippen LogP contribution in [0.1, 0.15) is 27.7 Å². The molecule has 0 radical (unpaired) electrons. The number of nitrogens with one attached hydrogen (secondary N) is 1. The Morgan fingerprint density at radius 3 is 3.00 bits per heavy atom. The maximum Gasteiger partial charge on any atom is 0.261 e. The Hall–Kier alpha value is -2.87. The number of fused-ring (bicyclic) bond motifs is 2. The Morgan fingerprint density at radius 2 is 2.15 bits per heavy atom. The number of aromatic nitrogens is 2. The molecule has 0 bridgehead atoms. The first-order valence-electron chi connectivity index (χ1n) is 8.21. The Morgan fingerprint density at radius 1 is 1.31 bits per heavy atom. The van der Waals surface area contributed by atoms with Gasteiger partial charge in [-0.15, -0.1) is 11.3 Å². The zero-order valence-corrected chi connectivity index (χ0v) is 15.2. The van der Waals surface area contributed by atoms with Crippen LogP contribution in [0.15, 0.2) is 24.5 Å².